The first-order chi connectivity index (χ1) is 10.2. The molecule has 1 aromatic carbocycles. The molecular formula is C12H12F4O5S. The molecule has 124 valence electrons. The van der Waals surface area contributed by atoms with E-state index in [4.69, 9.17) is 0 Å². The van der Waals surface area contributed by atoms with Crippen LogP contribution in [0.15, 0.2) is 23.6 Å². The topological polar surface area (TPSA) is 61.8 Å². The molecule has 0 unspecified atom stereocenters. The Morgan fingerprint density at radius 2 is 1.68 bits per heavy atom. The second-order valence-corrected chi connectivity index (χ2v) is 5.16. The first-order valence-electron chi connectivity index (χ1n) is 5.84. The molecule has 10 heteroatoms. The van der Waals surface area contributed by atoms with Gasteiger partial charge in [0, 0.05) is 0 Å². The highest BCUT2D eigenvalue weighted by atomic mass is 32.2. The molecule has 0 heterocycles. The summed E-state index contributed by atoms with van der Waals surface area (Å²) >= 11 is 0. The molecule has 22 heavy (non-hydrogen) atoms. The smallest absolute Gasteiger partial charge is 0.387 e. The molecule has 0 bridgehead atoms. The Balaban J connectivity index is 3.05. The number of alkyl halides is 4. The predicted molar refractivity (Wildman–Crippen MR) is 69.3 cm³/mol. The molecule has 0 aliphatic carbocycles. The second-order valence-electron chi connectivity index (χ2n) is 3.67. The maximum Gasteiger partial charge on any atom is 0.387 e. The van der Waals surface area contributed by atoms with Crippen molar-refractivity contribution >= 4 is 16.2 Å². The van der Waals surface area contributed by atoms with Crippen molar-refractivity contribution in [3.63, 3.8) is 0 Å². The monoisotopic (exact) mass is 344 g/mol. The van der Waals surface area contributed by atoms with Crippen molar-refractivity contribution in [2.24, 2.45) is 0 Å². The standard InChI is InChI=1S/C12H12F4O5S/c1-2-19-22(17,18)6-5-8-3-4-9(20-11(13)14)10(7-8)21-12(15)16/h3-7,11-12H,2H2,1H3. The Bertz CT molecular complexity index is 616. The Morgan fingerprint density at radius 3 is 2.23 bits per heavy atom. The van der Waals surface area contributed by atoms with Gasteiger partial charge in [-0.2, -0.15) is 26.0 Å². The average Bonchev–Trinajstić information content (AvgIpc) is 2.38. The highest BCUT2D eigenvalue weighted by molar-refractivity contribution is 7.89. The van der Waals surface area contributed by atoms with Crippen molar-refractivity contribution in [1.82, 2.24) is 0 Å². The van der Waals surface area contributed by atoms with Crippen LogP contribution in [0.2, 0.25) is 0 Å². The molecule has 0 atom stereocenters. The molecule has 0 aliphatic rings. The quantitative estimate of drug-likeness (QED) is 0.535. The molecule has 0 aromatic heterocycles. The third kappa shape index (κ3) is 6.31. The van der Waals surface area contributed by atoms with Crippen molar-refractivity contribution in [1.29, 1.82) is 0 Å². The molecule has 0 fully saturated rings. The van der Waals surface area contributed by atoms with Gasteiger partial charge in [0.25, 0.3) is 10.1 Å². The van der Waals surface area contributed by atoms with Crippen molar-refractivity contribution in [2.45, 2.75) is 20.1 Å². The van der Waals surface area contributed by atoms with E-state index in [1.807, 2.05) is 0 Å². The molecule has 0 amide bonds. The summed E-state index contributed by atoms with van der Waals surface area (Å²) in [4.78, 5) is 0. The first-order valence-corrected chi connectivity index (χ1v) is 7.32. The molecule has 1 aromatic rings. The number of halogens is 4. The molecule has 1 rings (SSSR count). The van der Waals surface area contributed by atoms with Crippen LogP contribution in [-0.2, 0) is 14.3 Å². The van der Waals surface area contributed by atoms with Crippen LogP contribution < -0.4 is 9.47 Å². The fourth-order valence-corrected chi connectivity index (χ4v) is 2.11. The van der Waals surface area contributed by atoms with Gasteiger partial charge in [-0.1, -0.05) is 6.07 Å². The Labute approximate surface area is 124 Å². The van der Waals surface area contributed by atoms with Crippen LogP contribution in [-0.4, -0.2) is 28.2 Å². The maximum atomic E-state index is 12.2. The summed E-state index contributed by atoms with van der Waals surface area (Å²) in [5.74, 6) is -1.24. The third-order valence-electron chi connectivity index (χ3n) is 2.11. The lowest BCUT2D eigenvalue weighted by Crippen LogP contribution is -2.07. The zero-order chi connectivity index (χ0) is 16.8. The van der Waals surface area contributed by atoms with Crippen molar-refractivity contribution in [3.05, 3.63) is 29.2 Å². The van der Waals surface area contributed by atoms with Crippen LogP contribution in [0.3, 0.4) is 0 Å². The number of ether oxygens (including phenoxy) is 2. The van der Waals surface area contributed by atoms with E-state index in [0.29, 0.717) is 5.41 Å². The molecule has 0 saturated heterocycles. The summed E-state index contributed by atoms with van der Waals surface area (Å²) in [6.45, 7) is -5.09. The van der Waals surface area contributed by atoms with Gasteiger partial charge in [0.05, 0.1) is 12.0 Å². The fraction of sp³-hybridized carbons (Fsp3) is 0.333. The van der Waals surface area contributed by atoms with E-state index in [0.717, 1.165) is 18.2 Å². The molecule has 0 aliphatic heterocycles. The molecule has 0 radical (unpaired) electrons. The van der Waals surface area contributed by atoms with Gasteiger partial charge in [-0.05, 0) is 30.7 Å². The summed E-state index contributed by atoms with van der Waals surface area (Å²) in [7, 11) is -3.92. The van der Waals surface area contributed by atoms with E-state index in [2.05, 4.69) is 13.7 Å². The SMILES string of the molecule is CCOS(=O)(=O)C=Cc1ccc(OC(F)F)c(OC(F)F)c1. The van der Waals surface area contributed by atoms with Gasteiger partial charge in [-0.3, -0.25) is 4.18 Å². The Morgan fingerprint density at radius 1 is 1.09 bits per heavy atom. The van der Waals surface area contributed by atoms with Gasteiger partial charge in [-0.15, -0.1) is 0 Å². The maximum absolute atomic E-state index is 12.2. The van der Waals surface area contributed by atoms with Gasteiger partial charge in [0.15, 0.2) is 11.5 Å². The summed E-state index contributed by atoms with van der Waals surface area (Å²) < 4.78 is 83.9. The van der Waals surface area contributed by atoms with Crippen LogP contribution in [0.25, 0.3) is 6.08 Å². The van der Waals surface area contributed by atoms with Crippen LogP contribution in [0.5, 0.6) is 11.5 Å². The number of rotatable bonds is 8. The molecule has 5 nitrogen and oxygen atoms in total. The average molecular weight is 344 g/mol. The van der Waals surface area contributed by atoms with Crippen molar-refractivity contribution in [2.75, 3.05) is 6.61 Å². The van der Waals surface area contributed by atoms with Crippen molar-refractivity contribution < 1.29 is 39.6 Å². The van der Waals surface area contributed by atoms with Crippen LogP contribution in [0.4, 0.5) is 17.6 Å². The minimum atomic E-state index is -3.92. The first kappa shape index (κ1) is 18.2. The lowest BCUT2D eigenvalue weighted by atomic mass is 10.2. The van der Waals surface area contributed by atoms with Gasteiger partial charge in [0.1, 0.15) is 0 Å². The highest BCUT2D eigenvalue weighted by Crippen LogP contribution is 2.31. The molecular weight excluding hydrogens is 332 g/mol. The zero-order valence-electron chi connectivity index (χ0n) is 11.2. The molecule has 0 saturated carbocycles. The third-order valence-corrected chi connectivity index (χ3v) is 3.14. The zero-order valence-corrected chi connectivity index (χ0v) is 12.0. The van der Waals surface area contributed by atoms with E-state index in [9.17, 15) is 26.0 Å². The summed E-state index contributed by atoms with van der Waals surface area (Å²) in [5, 5.41) is 0.700. The lowest BCUT2D eigenvalue weighted by molar-refractivity contribution is -0.0692. The van der Waals surface area contributed by atoms with E-state index in [-0.39, 0.29) is 12.2 Å². The lowest BCUT2D eigenvalue weighted by Gasteiger charge is -2.12. The number of hydrogen-bond donors (Lipinski definition) is 0. The van der Waals surface area contributed by atoms with Gasteiger partial charge in [-0.25, -0.2) is 0 Å². The highest BCUT2D eigenvalue weighted by Gasteiger charge is 2.15. The van der Waals surface area contributed by atoms with E-state index in [1.165, 1.54) is 13.0 Å². The minimum absolute atomic E-state index is 0.0758. The summed E-state index contributed by atoms with van der Waals surface area (Å²) in [5.41, 5.74) is 0.112. The predicted octanol–water partition coefficient (Wildman–Crippen LogP) is 3.23. The summed E-state index contributed by atoms with van der Waals surface area (Å²) in [6.07, 6.45) is 1.04. The normalized spacial score (nSPS) is 12.3. The van der Waals surface area contributed by atoms with Crippen LogP contribution in [0.1, 0.15) is 12.5 Å². The Hall–Kier alpha value is -1.81. The largest absolute Gasteiger partial charge is 0.431 e. The van der Waals surface area contributed by atoms with E-state index < -0.39 is 34.8 Å². The molecule has 0 spiro atoms. The number of hydrogen-bond acceptors (Lipinski definition) is 5. The Kier molecular flexibility index (Phi) is 6.62. The van der Waals surface area contributed by atoms with Gasteiger partial charge in [0.2, 0.25) is 0 Å². The summed E-state index contributed by atoms with van der Waals surface area (Å²) in [6, 6.07) is 3.08. The minimum Gasteiger partial charge on any atom is -0.431 e. The second kappa shape index (κ2) is 7.99. The van der Waals surface area contributed by atoms with Gasteiger partial charge < -0.3 is 9.47 Å². The van der Waals surface area contributed by atoms with Crippen molar-refractivity contribution in [3.8, 4) is 11.5 Å². The van der Waals surface area contributed by atoms with E-state index >= 15 is 0 Å². The van der Waals surface area contributed by atoms with E-state index in [1.54, 1.807) is 0 Å². The molecule has 0 N–H and O–H groups in total. The van der Waals surface area contributed by atoms with Gasteiger partial charge >= 0.3 is 13.2 Å². The van der Waals surface area contributed by atoms with Crippen LogP contribution in [0, 0.1) is 0 Å². The number of benzene rings is 1. The fourth-order valence-electron chi connectivity index (χ4n) is 1.38. The van der Waals surface area contributed by atoms with Crippen LogP contribution >= 0.6 is 0 Å².